The molecule has 0 fully saturated rings. The minimum Gasteiger partial charge on any atom is -0.480 e. The Morgan fingerprint density at radius 2 is 1.78 bits per heavy atom. The highest BCUT2D eigenvalue weighted by Gasteiger charge is 2.26. The van der Waals surface area contributed by atoms with E-state index in [1.807, 2.05) is 30.3 Å². The van der Waals surface area contributed by atoms with Crippen LogP contribution in [0.3, 0.4) is 0 Å². The predicted octanol–water partition coefficient (Wildman–Crippen LogP) is -1.38. The number of hydrogen-bond acceptors (Lipinski definition) is 7. The Bertz CT molecular complexity index is 908. The van der Waals surface area contributed by atoms with Gasteiger partial charge in [0.15, 0.2) is 0 Å². The molecule has 0 saturated carbocycles. The highest BCUT2D eigenvalue weighted by Crippen LogP contribution is 2.04. The molecule has 3 amide bonds. The number of nitrogens with zero attached hydrogens (tertiary/aromatic N) is 1. The summed E-state index contributed by atoms with van der Waals surface area (Å²) < 4.78 is 0. The Morgan fingerprint density at radius 1 is 1.06 bits per heavy atom. The summed E-state index contributed by atoms with van der Waals surface area (Å²) in [6.45, 7) is -0.470. The van der Waals surface area contributed by atoms with E-state index in [1.165, 1.54) is 12.5 Å². The molecule has 0 aliphatic rings. The van der Waals surface area contributed by atoms with Gasteiger partial charge in [-0.1, -0.05) is 30.3 Å². The van der Waals surface area contributed by atoms with E-state index in [4.69, 9.17) is 10.8 Å². The first kappa shape index (κ1) is 24.9. The first-order valence-corrected chi connectivity index (χ1v) is 10.4. The molecule has 0 radical (unpaired) electrons. The number of imidazole rings is 1. The number of amides is 3. The summed E-state index contributed by atoms with van der Waals surface area (Å²) >= 11 is 3.86. The number of aromatic amines is 1. The summed E-state index contributed by atoms with van der Waals surface area (Å²) in [6.07, 6.45) is 3.32. The Hall–Kier alpha value is -3.38. The first-order valence-electron chi connectivity index (χ1n) is 9.78. The van der Waals surface area contributed by atoms with Crippen LogP contribution in [0.15, 0.2) is 42.9 Å². The Morgan fingerprint density at radius 3 is 2.38 bits per heavy atom. The lowest BCUT2D eigenvalue weighted by atomic mass is 10.0. The fourth-order valence-electron chi connectivity index (χ4n) is 2.79. The molecule has 0 saturated heterocycles. The van der Waals surface area contributed by atoms with Gasteiger partial charge in [0.05, 0.1) is 18.9 Å². The average molecular weight is 463 g/mol. The van der Waals surface area contributed by atoms with Crippen LogP contribution in [-0.2, 0) is 32.0 Å². The van der Waals surface area contributed by atoms with Crippen molar-refractivity contribution in [3.63, 3.8) is 0 Å². The molecule has 1 aromatic heterocycles. The van der Waals surface area contributed by atoms with Gasteiger partial charge in [-0.2, -0.15) is 12.6 Å². The zero-order valence-electron chi connectivity index (χ0n) is 17.2. The van der Waals surface area contributed by atoms with Crippen LogP contribution in [-0.4, -0.2) is 69.2 Å². The van der Waals surface area contributed by atoms with Gasteiger partial charge in [0.2, 0.25) is 17.7 Å². The lowest BCUT2D eigenvalue weighted by Gasteiger charge is -2.20. The number of H-pyrrole nitrogens is 1. The standard InChI is InChI=1S/C20H26N6O5S/c21-14(6-12-4-2-1-3-5-12)18(28)26-15(7-13-8-22-11-24-13)19(29)23-9-17(27)25-16(10-32)20(30)31/h1-5,8,11,14-16,32H,6-7,9-10,21H2,(H,22,24)(H,23,29)(H,25,27)(H,26,28)(H,30,31). The molecule has 3 unspecified atom stereocenters. The molecule has 1 aromatic carbocycles. The molecular weight excluding hydrogens is 436 g/mol. The Balaban J connectivity index is 1.97. The largest absolute Gasteiger partial charge is 0.480 e. The highest BCUT2D eigenvalue weighted by atomic mass is 32.1. The second-order valence-corrected chi connectivity index (χ2v) is 7.36. The van der Waals surface area contributed by atoms with Crippen LogP contribution in [0.2, 0.25) is 0 Å². The van der Waals surface area contributed by atoms with Gasteiger partial charge in [-0.15, -0.1) is 0 Å². The fourth-order valence-corrected chi connectivity index (χ4v) is 3.03. The van der Waals surface area contributed by atoms with Gasteiger partial charge < -0.3 is 31.8 Å². The van der Waals surface area contributed by atoms with Crippen molar-refractivity contribution >= 4 is 36.3 Å². The minimum absolute atomic E-state index is 0.0889. The topological polar surface area (TPSA) is 179 Å². The molecule has 2 aromatic rings. The third-order valence-electron chi connectivity index (χ3n) is 4.49. The number of hydrogen-bond donors (Lipinski definition) is 7. The Kier molecular flexibility index (Phi) is 9.70. The van der Waals surface area contributed by atoms with E-state index in [1.54, 1.807) is 0 Å². The maximum Gasteiger partial charge on any atom is 0.327 e. The normalized spacial score (nSPS) is 13.4. The lowest BCUT2D eigenvalue weighted by Crippen LogP contribution is -2.54. The number of carboxylic acids is 1. The van der Waals surface area contributed by atoms with Crippen molar-refractivity contribution in [1.82, 2.24) is 25.9 Å². The number of carbonyl (C=O) groups excluding carboxylic acids is 3. The van der Waals surface area contributed by atoms with E-state index in [9.17, 15) is 19.2 Å². The molecule has 1 heterocycles. The second-order valence-electron chi connectivity index (χ2n) is 7.00. The number of nitrogens with two attached hydrogens (primary N) is 1. The summed E-state index contributed by atoms with van der Waals surface area (Å²) in [5.74, 6) is -3.21. The lowest BCUT2D eigenvalue weighted by molar-refractivity contribution is -0.141. The molecule has 0 aliphatic carbocycles. The van der Waals surface area contributed by atoms with Crippen molar-refractivity contribution in [2.45, 2.75) is 31.0 Å². The monoisotopic (exact) mass is 462 g/mol. The van der Waals surface area contributed by atoms with Gasteiger partial charge in [0.25, 0.3) is 0 Å². The molecule has 0 bridgehead atoms. The number of aromatic nitrogens is 2. The van der Waals surface area contributed by atoms with Crippen molar-refractivity contribution < 1.29 is 24.3 Å². The number of benzene rings is 1. The van der Waals surface area contributed by atoms with Crippen LogP contribution in [0.4, 0.5) is 0 Å². The van der Waals surface area contributed by atoms with Gasteiger partial charge in [-0.05, 0) is 12.0 Å². The average Bonchev–Trinajstić information content (AvgIpc) is 3.28. The molecule has 12 heteroatoms. The summed E-state index contributed by atoms with van der Waals surface area (Å²) in [5, 5.41) is 16.2. The first-order chi connectivity index (χ1) is 15.3. The maximum atomic E-state index is 12.7. The van der Waals surface area contributed by atoms with Crippen LogP contribution in [0.25, 0.3) is 0 Å². The van der Waals surface area contributed by atoms with Crippen LogP contribution >= 0.6 is 12.6 Å². The van der Waals surface area contributed by atoms with Gasteiger partial charge in [-0.3, -0.25) is 14.4 Å². The van der Waals surface area contributed by atoms with Crippen molar-refractivity contribution in [2.24, 2.45) is 5.73 Å². The molecule has 0 spiro atoms. The van der Waals surface area contributed by atoms with Gasteiger partial charge in [-0.25, -0.2) is 9.78 Å². The van der Waals surface area contributed by atoms with Crippen LogP contribution in [0.5, 0.6) is 0 Å². The Labute approximate surface area is 190 Å². The van der Waals surface area contributed by atoms with Gasteiger partial charge in [0, 0.05) is 24.1 Å². The van der Waals surface area contributed by atoms with Gasteiger partial charge >= 0.3 is 5.97 Å². The zero-order valence-corrected chi connectivity index (χ0v) is 18.0. The molecule has 3 atom stereocenters. The van der Waals surface area contributed by atoms with Gasteiger partial charge in [0.1, 0.15) is 12.1 Å². The van der Waals surface area contributed by atoms with E-state index in [0.717, 1.165) is 5.56 Å². The number of rotatable bonds is 12. The number of aliphatic carboxylic acids is 1. The maximum absolute atomic E-state index is 12.7. The smallest absolute Gasteiger partial charge is 0.327 e. The predicted molar refractivity (Wildman–Crippen MR) is 119 cm³/mol. The minimum atomic E-state index is -1.24. The molecule has 172 valence electrons. The summed E-state index contributed by atoms with van der Waals surface area (Å²) in [6, 6.07) is 6.11. The number of nitrogens with one attached hydrogen (secondary N) is 4. The summed E-state index contributed by atoms with van der Waals surface area (Å²) in [4.78, 5) is 54.9. The van der Waals surface area contributed by atoms with E-state index < -0.39 is 48.4 Å². The molecule has 7 N–H and O–H groups in total. The summed E-state index contributed by atoms with van der Waals surface area (Å²) in [7, 11) is 0. The van der Waals surface area contributed by atoms with Crippen LogP contribution < -0.4 is 21.7 Å². The van der Waals surface area contributed by atoms with Crippen LogP contribution in [0, 0.1) is 0 Å². The molecular formula is C20H26N6O5S. The van der Waals surface area contributed by atoms with Crippen molar-refractivity contribution in [3.05, 3.63) is 54.1 Å². The third-order valence-corrected chi connectivity index (χ3v) is 4.85. The van der Waals surface area contributed by atoms with E-state index in [-0.39, 0.29) is 18.6 Å². The zero-order chi connectivity index (χ0) is 23.5. The molecule has 32 heavy (non-hydrogen) atoms. The fraction of sp³-hybridized carbons (Fsp3) is 0.350. The highest BCUT2D eigenvalue weighted by molar-refractivity contribution is 7.80. The molecule has 11 nitrogen and oxygen atoms in total. The molecule has 2 rings (SSSR count). The van der Waals surface area contributed by atoms with E-state index in [2.05, 4.69) is 38.5 Å². The number of thiol groups is 1. The van der Waals surface area contributed by atoms with Crippen molar-refractivity contribution in [1.29, 1.82) is 0 Å². The molecule has 0 aliphatic heterocycles. The van der Waals surface area contributed by atoms with E-state index >= 15 is 0 Å². The SMILES string of the molecule is NC(Cc1ccccc1)C(=O)NC(Cc1cnc[nH]1)C(=O)NCC(=O)NC(CS)C(=O)O. The summed E-state index contributed by atoms with van der Waals surface area (Å²) in [5.41, 5.74) is 7.46. The third kappa shape index (κ3) is 8.04. The second kappa shape index (κ2) is 12.5. The number of carboxylic acid groups (broad SMARTS) is 1. The van der Waals surface area contributed by atoms with E-state index in [0.29, 0.717) is 5.69 Å². The number of carbonyl (C=O) groups is 4. The van der Waals surface area contributed by atoms with Crippen molar-refractivity contribution in [2.75, 3.05) is 12.3 Å². The van der Waals surface area contributed by atoms with Crippen molar-refractivity contribution in [3.8, 4) is 0 Å². The quantitative estimate of drug-likeness (QED) is 0.190. The van der Waals surface area contributed by atoms with Crippen LogP contribution in [0.1, 0.15) is 11.3 Å².